The Bertz CT molecular complexity index is 1120. The van der Waals surface area contributed by atoms with E-state index in [2.05, 4.69) is 20.8 Å². The standard InChI is InChI=1S/C69H134O6/c1-4-7-10-13-16-19-22-25-28-31-33-34-35-36-37-39-41-44-47-50-53-56-59-62-68(71)74-65-66(64-73-67(70)61-58-55-52-49-46-43-40-30-27-24-21-18-15-12-9-6-3)75-69(72)63-60-57-54-51-48-45-42-38-32-29-26-23-20-17-14-11-8-5-2/h66H,4-65H2,1-3H3. The van der Waals surface area contributed by atoms with Crippen LogP contribution in [0.2, 0.25) is 0 Å². The molecule has 0 spiro atoms. The van der Waals surface area contributed by atoms with Gasteiger partial charge < -0.3 is 14.2 Å². The van der Waals surface area contributed by atoms with Crippen molar-refractivity contribution in [2.75, 3.05) is 13.2 Å². The van der Waals surface area contributed by atoms with E-state index < -0.39 is 6.10 Å². The summed E-state index contributed by atoms with van der Waals surface area (Å²) in [5.41, 5.74) is 0. The van der Waals surface area contributed by atoms with Crippen LogP contribution in [0.1, 0.15) is 406 Å². The van der Waals surface area contributed by atoms with E-state index in [0.29, 0.717) is 19.3 Å². The van der Waals surface area contributed by atoms with Crippen LogP contribution in [0.25, 0.3) is 0 Å². The fourth-order valence-electron chi connectivity index (χ4n) is 10.9. The van der Waals surface area contributed by atoms with E-state index in [1.165, 1.54) is 308 Å². The van der Waals surface area contributed by atoms with Crippen molar-refractivity contribution >= 4 is 17.9 Å². The molecule has 0 aromatic carbocycles. The first-order valence-electron chi connectivity index (χ1n) is 34.5. The first-order chi connectivity index (χ1) is 37.0. The summed E-state index contributed by atoms with van der Waals surface area (Å²) >= 11 is 0. The first-order valence-corrected chi connectivity index (χ1v) is 34.5. The fourth-order valence-corrected chi connectivity index (χ4v) is 10.9. The molecule has 0 radical (unpaired) electrons. The third kappa shape index (κ3) is 63.1. The van der Waals surface area contributed by atoms with Crippen LogP contribution in [0, 0.1) is 0 Å². The lowest BCUT2D eigenvalue weighted by atomic mass is 10.0. The Hall–Kier alpha value is -1.59. The Kier molecular flexibility index (Phi) is 63.6. The smallest absolute Gasteiger partial charge is 0.306 e. The fraction of sp³-hybridized carbons (Fsp3) is 0.957. The molecule has 0 rings (SSSR count). The third-order valence-electron chi connectivity index (χ3n) is 16.1. The molecule has 0 saturated carbocycles. The molecular formula is C69H134O6. The monoisotopic (exact) mass is 1060 g/mol. The van der Waals surface area contributed by atoms with Gasteiger partial charge in [0.25, 0.3) is 0 Å². The number of unbranched alkanes of at least 4 members (excludes halogenated alkanes) is 54. The SMILES string of the molecule is CCCCCCCCCCCCCCCCCCCCCCCCCC(=O)OCC(COC(=O)CCCCCCCCCCCCCCCCCC)OC(=O)CCCCCCCCCCCCCCCCCCCC. The van der Waals surface area contributed by atoms with Crippen LogP contribution in [0.3, 0.4) is 0 Å². The van der Waals surface area contributed by atoms with Crippen LogP contribution in [0.15, 0.2) is 0 Å². The van der Waals surface area contributed by atoms with Crippen LogP contribution >= 0.6 is 0 Å². The Morgan fingerprint density at radius 1 is 0.213 bits per heavy atom. The second-order valence-corrected chi connectivity index (χ2v) is 23.8. The highest BCUT2D eigenvalue weighted by Crippen LogP contribution is 2.19. The lowest BCUT2D eigenvalue weighted by Gasteiger charge is -2.18. The summed E-state index contributed by atoms with van der Waals surface area (Å²) in [6.45, 7) is 6.74. The van der Waals surface area contributed by atoms with Gasteiger partial charge in [0.1, 0.15) is 13.2 Å². The summed E-state index contributed by atoms with van der Waals surface area (Å²) in [5.74, 6) is -0.819. The molecule has 0 aromatic heterocycles. The highest BCUT2D eigenvalue weighted by molar-refractivity contribution is 5.71. The van der Waals surface area contributed by atoms with Gasteiger partial charge in [-0.25, -0.2) is 0 Å². The zero-order chi connectivity index (χ0) is 54.3. The summed E-state index contributed by atoms with van der Waals surface area (Å²) in [4.78, 5) is 38.4. The highest BCUT2D eigenvalue weighted by atomic mass is 16.6. The Morgan fingerprint density at radius 2 is 0.360 bits per heavy atom. The molecule has 0 heterocycles. The van der Waals surface area contributed by atoms with Crippen molar-refractivity contribution in [1.82, 2.24) is 0 Å². The predicted octanol–water partition coefficient (Wildman–Crippen LogP) is 23.5. The van der Waals surface area contributed by atoms with Gasteiger partial charge in [-0.15, -0.1) is 0 Å². The number of hydrogen-bond donors (Lipinski definition) is 0. The molecule has 446 valence electrons. The maximum Gasteiger partial charge on any atom is 0.306 e. The molecule has 0 saturated heterocycles. The van der Waals surface area contributed by atoms with Gasteiger partial charge in [0.15, 0.2) is 6.10 Å². The predicted molar refractivity (Wildman–Crippen MR) is 326 cm³/mol. The van der Waals surface area contributed by atoms with Crippen LogP contribution in [0.5, 0.6) is 0 Å². The molecular weight excluding hydrogens is 925 g/mol. The van der Waals surface area contributed by atoms with Crippen LogP contribution in [-0.2, 0) is 28.6 Å². The zero-order valence-corrected chi connectivity index (χ0v) is 51.4. The van der Waals surface area contributed by atoms with E-state index in [9.17, 15) is 14.4 Å². The van der Waals surface area contributed by atoms with Gasteiger partial charge in [-0.1, -0.05) is 367 Å². The van der Waals surface area contributed by atoms with E-state index in [1.54, 1.807) is 0 Å². The van der Waals surface area contributed by atoms with Crippen molar-refractivity contribution in [2.24, 2.45) is 0 Å². The summed E-state index contributed by atoms with van der Waals surface area (Å²) in [5, 5.41) is 0. The Morgan fingerprint density at radius 3 is 0.533 bits per heavy atom. The van der Waals surface area contributed by atoms with Crippen molar-refractivity contribution in [3.05, 3.63) is 0 Å². The highest BCUT2D eigenvalue weighted by Gasteiger charge is 2.19. The molecule has 0 N–H and O–H groups in total. The third-order valence-corrected chi connectivity index (χ3v) is 16.1. The van der Waals surface area contributed by atoms with E-state index in [0.717, 1.165) is 57.8 Å². The zero-order valence-electron chi connectivity index (χ0n) is 51.4. The van der Waals surface area contributed by atoms with Gasteiger partial charge in [0, 0.05) is 19.3 Å². The second kappa shape index (κ2) is 64.9. The summed E-state index contributed by atoms with van der Waals surface area (Å²) in [7, 11) is 0. The lowest BCUT2D eigenvalue weighted by Crippen LogP contribution is -2.30. The van der Waals surface area contributed by atoms with E-state index in [-0.39, 0.29) is 31.1 Å². The topological polar surface area (TPSA) is 78.9 Å². The molecule has 6 heteroatoms. The number of rotatable bonds is 65. The Labute approximate surface area is 469 Å². The van der Waals surface area contributed by atoms with Gasteiger partial charge in [0.05, 0.1) is 0 Å². The van der Waals surface area contributed by atoms with Crippen molar-refractivity contribution in [1.29, 1.82) is 0 Å². The van der Waals surface area contributed by atoms with Crippen molar-refractivity contribution in [3.8, 4) is 0 Å². The molecule has 1 atom stereocenters. The van der Waals surface area contributed by atoms with Gasteiger partial charge in [-0.05, 0) is 19.3 Å². The molecule has 0 aromatic rings. The number of carbonyl (C=O) groups excluding carboxylic acids is 3. The van der Waals surface area contributed by atoms with Crippen molar-refractivity contribution in [2.45, 2.75) is 412 Å². The van der Waals surface area contributed by atoms with Gasteiger partial charge in [-0.2, -0.15) is 0 Å². The average molecular weight is 1060 g/mol. The van der Waals surface area contributed by atoms with Crippen LogP contribution in [0.4, 0.5) is 0 Å². The normalized spacial score (nSPS) is 11.9. The summed E-state index contributed by atoms with van der Waals surface area (Å²) < 4.78 is 17.0. The molecule has 75 heavy (non-hydrogen) atoms. The number of ether oxygens (including phenoxy) is 3. The first kappa shape index (κ1) is 73.4. The molecule has 0 aliphatic heterocycles. The van der Waals surface area contributed by atoms with Gasteiger partial charge in [-0.3, -0.25) is 14.4 Å². The maximum atomic E-state index is 12.9. The largest absolute Gasteiger partial charge is 0.462 e. The minimum absolute atomic E-state index is 0.0601. The molecule has 0 aliphatic carbocycles. The van der Waals surface area contributed by atoms with Gasteiger partial charge >= 0.3 is 17.9 Å². The minimum Gasteiger partial charge on any atom is -0.462 e. The Balaban J connectivity index is 4.24. The van der Waals surface area contributed by atoms with Gasteiger partial charge in [0.2, 0.25) is 0 Å². The molecule has 1 unspecified atom stereocenters. The molecule has 0 bridgehead atoms. The van der Waals surface area contributed by atoms with Crippen molar-refractivity contribution < 1.29 is 28.6 Å². The van der Waals surface area contributed by atoms with Crippen molar-refractivity contribution in [3.63, 3.8) is 0 Å². The maximum absolute atomic E-state index is 12.9. The second-order valence-electron chi connectivity index (χ2n) is 23.8. The molecule has 6 nitrogen and oxygen atoms in total. The summed E-state index contributed by atoms with van der Waals surface area (Å²) in [6.07, 6.45) is 75.5. The minimum atomic E-state index is -0.763. The summed E-state index contributed by atoms with van der Waals surface area (Å²) in [6, 6.07) is 0. The average Bonchev–Trinajstić information content (AvgIpc) is 3.41. The number of esters is 3. The van der Waals surface area contributed by atoms with E-state index in [1.807, 2.05) is 0 Å². The lowest BCUT2D eigenvalue weighted by molar-refractivity contribution is -0.167. The quantitative estimate of drug-likeness (QED) is 0.0343. The molecule has 0 fully saturated rings. The number of hydrogen-bond acceptors (Lipinski definition) is 6. The molecule has 0 aliphatic rings. The van der Waals surface area contributed by atoms with Crippen LogP contribution < -0.4 is 0 Å². The van der Waals surface area contributed by atoms with E-state index >= 15 is 0 Å². The van der Waals surface area contributed by atoms with Crippen LogP contribution in [-0.4, -0.2) is 37.2 Å². The van der Waals surface area contributed by atoms with E-state index in [4.69, 9.17) is 14.2 Å². The molecule has 0 amide bonds. The number of carbonyl (C=O) groups is 3.